The van der Waals surface area contributed by atoms with E-state index in [1.807, 2.05) is 54.2 Å². The summed E-state index contributed by atoms with van der Waals surface area (Å²) in [5.74, 6) is 1.64. The Morgan fingerprint density at radius 3 is 2.39 bits per heavy atom. The molecule has 0 bridgehead atoms. The van der Waals surface area contributed by atoms with Gasteiger partial charge in [-0.3, -0.25) is 4.68 Å². The van der Waals surface area contributed by atoms with Crippen molar-refractivity contribution in [3.63, 3.8) is 0 Å². The standard InChI is InChI=1S/C23H27N3O2/c1-25(16-23(17-27)12-13-23)14-19-15-26(2)24-22(19)18-8-10-21(11-9-18)28-20-6-4-3-5-7-20/h3-11,15,27H,12-14,16-17H2,1-2H3. The summed E-state index contributed by atoms with van der Waals surface area (Å²) in [7, 11) is 4.07. The predicted molar refractivity (Wildman–Crippen MR) is 110 cm³/mol. The Hall–Kier alpha value is -2.63. The van der Waals surface area contributed by atoms with E-state index < -0.39 is 0 Å². The molecule has 2 aromatic carbocycles. The summed E-state index contributed by atoms with van der Waals surface area (Å²) in [4.78, 5) is 2.29. The van der Waals surface area contributed by atoms with Gasteiger partial charge in [-0.25, -0.2) is 0 Å². The first-order valence-corrected chi connectivity index (χ1v) is 9.72. The van der Waals surface area contributed by atoms with Crippen LogP contribution >= 0.6 is 0 Å². The van der Waals surface area contributed by atoms with Crippen molar-refractivity contribution < 1.29 is 9.84 Å². The largest absolute Gasteiger partial charge is 0.457 e. The number of nitrogens with zero attached hydrogens (tertiary/aromatic N) is 3. The number of rotatable bonds is 8. The smallest absolute Gasteiger partial charge is 0.127 e. The molecule has 1 heterocycles. The van der Waals surface area contributed by atoms with Gasteiger partial charge in [0.2, 0.25) is 0 Å². The van der Waals surface area contributed by atoms with Crippen molar-refractivity contribution in [2.45, 2.75) is 19.4 Å². The van der Waals surface area contributed by atoms with Crippen molar-refractivity contribution in [3.8, 4) is 22.8 Å². The lowest BCUT2D eigenvalue weighted by Crippen LogP contribution is -2.28. The molecule has 1 aliphatic rings. The molecule has 5 heteroatoms. The summed E-state index contributed by atoms with van der Waals surface area (Å²) in [6.45, 7) is 2.01. The van der Waals surface area contributed by atoms with Crippen molar-refractivity contribution in [1.82, 2.24) is 14.7 Å². The second-order valence-electron chi connectivity index (χ2n) is 7.95. The van der Waals surface area contributed by atoms with Gasteiger partial charge in [-0.15, -0.1) is 0 Å². The number of hydrogen-bond donors (Lipinski definition) is 1. The number of aliphatic hydroxyl groups is 1. The van der Waals surface area contributed by atoms with E-state index >= 15 is 0 Å². The molecule has 0 unspecified atom stereocenters. The summed E-state index contributed by atoms with van der Waals surface area (Å²) in [6.07, 6.45) is 4.33. The van der Waals surface area contributed by atoms with Gasteiger partial charge >= 0.3 is 0 Å². The Bertz CT molecular complexity index is 915. The molecule has 0 radical (unpaired) electrons. The molecule has 1 aromatic heterocycles. The third-order valence-electron chi connectivity index (χ3n) is 5.35. The summed E-state index contributed by atoms with van der Waals surface area (Å²) in [5.41, 5.74) is 3.38. The molecule has 28 heavy (non-hydrogen) atoms. The van der Waals surface area contributed by atoms with Gasteiger partial charge in [-0.1, -0.05) is 18.2 Å². The topological polar surface area (TPSA) is 50.5 Å². The highest BCUT2D eigenvalue weighted by Crippen LogP contribution is 2.45. The van der Waals surface area contributed by atoms with Gasteiger partial charge in [0.1, 0.15) is 11.5 Å². The van der Waals surface area contributed by atoms with Crippen LogP contribution in [0.2, 0.25) is 0 Å². The second kappa shape index (κ2) is 7.78. The molecule has 1 N–H and O–H groups in total. The first-order chi connectivity index (χ1) is 13.6. The Labute approximate surface area is 166 Å². The molecular weight excluding hydrogens is 350 g/mol. The van der Waals surface area contributed by atoms with E-state index in [1.165, 1.54) is 5.56 Å². The van der Waals surface area contributed by atoms with Gasteiger partial charge in [-0.2, -0.15) is 5.10 Å². The number of aliphatic hydroxyl groups excluding tert-OH is 1. The quantitative estimate of drug-likeness (QED) is 0.643. The maximum atomic E-state index is 9.58. The lowest BCUT2D eigenvalue weighted by atomic mass is 10.1. The summed E-state index contributed by atoms with van der Waals surface area (Å²) in [6, 6.07) is 17.9. The SMILES string of the molecule is CN(Cc1cn(C)nc1-c1ccc(Oc2ccccc2)cc1)CC1(CO)CC1. The van der Waals surface area contributed by atoms with Crippen molar-refractivity contribution in [2.75, 3.05) is 20.2 Å². The number of aromatic nitrogens is 2. The molecule has 0 spiro atoms. The third-order valence-corrected chi connectivity index (χ3v) is 5.35. The van der Waals surface area contributed by atoms with Gasteiger partial charge in [0.15, 0.2) is 0 Å². The van der Waals surface area contributed by atoms with Crippen LogP contribution in [0.3, 0.4) is 0 Å². The predicted octanol–water partition coefficient (Wildman–Crippen LogP) is 4.08. The van der Waals surface area contributed by atoms with Crippen LogP contribution in [0.25, 0.3) is 11.3 Å². The van der Waals surface area contributed by atoms with Gasteiger partial charge in [-0.05, 0) is 56.3 Å². The van der Waals surface area contributed by atoms with Crippen LogP contribution in [0, 0.1) is 5.41 Å². The number of hydrogen-bond acceptors (Lipinski definition) is 4. The normalized spacial score (nSPS) is 15.0. The molecule has 1 fully saturated rings. The van der Waals surface area contributed by atoms with E-state index in [1.54, 1.807) is 0 Å². The maximum Gasteiger partial charge on any atom is 0.127 e. The summed E-state index contributed by atoms with van der Waals surface area (Å²) < 4.78 is 7.75. The minimum atomic E-state index is 0.119. The minimum absolute atomic E-state index is 0.119. The first-order valence-electron chi connectivity index (χ1n) is 9.72. The lowest BCUT2D eigenvalue weighted by molar-refractivity contribution is 0.161. The lowest BCUT2D eigenvalue weighted by Gasteiger charge is -2.22. The van der Waals surface area contributed by atoms with Crippen molar-refractivity contribution in [2.24, 2.45) is 12.5 Å². The molecular formula is C23H27N3O2. The van der Waals surface area contributed by atoms with Gasteiger partial charge in [0, 0.05) is 49.5 Å². The monoisotopic (exact) mass is 377 g/mol. The molecule has 3 aromatic rings. The molecule has 4 rings (SSSR count). The maximum absolute atomic E-state index is 9.58. The van der Waals surface area contributed by atoms with Crippen molar-refractivity contribution in [1.29, 1.82) is 0 Å². The molecule has 5 nitrogen and oxygen atoms in total. The minimum Gasteiger partial charge on any atom is -0.457 e. The van der Waals surface area contributed by atoms with Crippen LogP contribution in [0.4, 0.5) is 0 Å². The highest BCUT2D eigenvalue weighted by Gasteiger charge is 2.42. The van der Waals surface area contributed by atoms with E-state index in [0.29, 0.717) is 0 Å². The van der Waals surface area contributed by atoms with Crippen LogP contribution in [0.5, 0.6) is 11.5 Å². The zero-order valence-corrected chi connectivity index (χ0v) is 16.5. The Morgan fingerprint density at radius 1 is 1.07 bits per heavy atom. The zero-order chi connectivity index (χ0) is 19.6. The van der Waals surface area contributed by atoms with Crippen molar-refractivity contribution >= 4 is 0 Å². The molecule has 0 amide bonds. The van der Waals surface area contributed by atoms with Gasteiger partial charge in [0.25, 0.3) is 0 Å². The Balaban J connectivity index is 1.48. The average Bonchev–Trinajstić information content (AvgIpc) is 3.37. The van der Waals surface area contributed by atoms with Crippen LogP contribution < -0.4 is 4.74 Å². The molecule has 0 aliphatic heterocycles. The first kappa shape index (κ1) is 18.7. The molecule has 1 saturated carbocycles. The summed E-state index contributed by atoms with van der Waals surface area (Å²) >= 11 is 0. The third kappa shape index (κ3) is 4.26. The van der Waals surface area contributed by atoms with Gasteiger partial charge in [0.05, 0.1) is 5.69 Å². The highest BCUT2D eigenvalue weighted by molar-refractivity contribution is 5.63. The summed E-state index contributed by atoms with van der Waals surface area (Å²) in [5, 5.41) is 14.3. The number of ether oxygens (including phenoxy) is 1. The van der Waals surface area contributed by atoms with E-state index in [4.69, 9.17) is 4.74 Å². The number of benzene rings is 2. The number of para-hydroxylation sites is 1. The molecule has 0 atom stereocenters. The van der Waals surface area contributed by atoms with Crippen LogP contribution in [-0.4, -0.2) is 40.0 Å². The number of aryl methyl sites for hydroxylation is 1. The van der Waals surface area contributed by atoms with Crippen molar-refractivity contribution in [3.05, 3.63) is 66.4 Å². The molecule has 146 valence electrons. The van der Waals surface area contributed by atoms with Crippen LogP contribution in [0.1, 0.15) is 18.4 Å². The van der Waals surface area contributed by atoms with E-state index in [9.17, 15) is 5.11 Å². The fourth-order valence-corrected chi connectivity index (χ4v) is 3.66. The van der Waals surface area contributed by atoms with E-state index in [2.05, 4.69) is 35.4 Å². The molecule has 0 saturated heterocycles. The molecule has 1 aliphatic carbocycles. The Morgan fingerprint density at radius 2 is 1.75 bits per heavy atom. The van der Waals surface area contributed by atoms with Crippen LogP contribution in [0.15, 0.2) is 60.8 Å². The average molecular weight is 377 g/mol. The zero-order valence-electron chi connectivity index (χ0n) is 16.5. The van der Waals surface area contributed by atoms with Crippen LogP contribution in [-0.2, 0) is 13.6 Å². The second-order valence-corrected chi connectivity index (χ2v) is 7.95. The fraction of sp³-hybridized carbons (Fsp3) is 0.348. The van der Waals surface area contributed by atoms with E-state index in [0.717, 1.165) is 48.7 Å². The fourth-order valence-electron chi connectivity index (χ4n) is 3.66. The van der Waals surface area contributed by atoms with Gasteiger partial charge < -0.3 is 14.7 Å². The highest BCUT2D eigenvalue weighted by atomic mass is 16.5. The van der Waals surface area contributed by atoms with E-state index in [-0.39, 0.29) is 12.0 Å². The Kier molecular flexibility index (Phi) is 5.20.